The van der Waals surface area contributed by atoms with Crippen molar-refractivity contribution in [1.82, 2.24) is 0 Å². The Kier molecular flexibility index (Phi) is 4.52. The molecule has 1 fully saturated rings. The predicted molar refractivity (Wildman–Crippen MR) is 104 cm³/mol. The lowest BCUT2D eigenvalue weighted by Crippen LogP contribution is -2.43. The summed E-state index contributed by atoms with van der Waals surface area (Å²) in [5, 5.41) is 1.42. The number of hydrogen-bond acceptors (Lipinski definition) is 4. The van der Waals surface area contributed by atoms with E-state index in [1.165, 1.54) is 6.07 Å². The molecule has 4 nitrogen and oxygen atoms in total. The van der Waals surface area contributed by atoms with Gasteiger partial charge in [0.15, 0.2) is 0 Å². The molecule has 1 aliphatic carbocycles. The topological polar surface area (TPSA) is 56.5 Å². The van der Waals surface area contributed by atoms with Crippen molar-refractivity contribution >= 4 is 28.5 Å². The number of aryl methyl sites for hydroxylation is 1. The van der Waals surface area contributed by atoms with Gasteiger partial charge in [-0.3, -0.25) is 4.79 Å². The van der Waals surface area contributed by atoms with Crippen molar-refractivity contribution in [2.24, 2.45) is 0 Å². The Bertz CT molecular complexity index is 1060. The van der Waals surface area contributed by atoms with Crippen LogP contribution in [0.15, 0.2) is 57.7 Å². The van der Waals surface area contributed by atoms with Crippen LogP contribution in [0.3, 0.4) is 0 Å². The summed E-state index contributed by atoms with van der Waals surface area (Å²) in [6, 6.07) is 14.4. The highest BCUT2D eigenvalue weighted by Crippen LogP contribution is 2.45. The van der Waals surface area contributed by atoms with Crippen LogP contribution < -0.4 is 5.63 Å². The molecule has 5 heteroatoms. The van der Waals surface area contributed by atoms with Gasteiger partial charge in [0, 0.05) is 22.0 Å². The minimum absolute atomic E-state index is 0.0410. The van der Waals surface area contributed by atoms with Gasteiger partial charge in [0.1, 0.15) is 12.2 Å². The van der Waals surface area contributed by atoms with Crippen molar-refractivity contribution in [1.29, 1.82) is 0 Å². The number of benzene rings is 2. The molecule has 1 heterocycles. The van der Waals surface area contributed by atoms with Crippen molar-refractivity contribution in [2.75, 3.05) is 0 Å². The zero-order valence-corrected chi connectivity index (χ0v) is 15.7. The quantitative estimate of drug-likeness (QED) is 0.474. The maximum absolute atomic E-state index is 12.9. The highest BCUT2D eigenvalue weighted by Gasteiger charge is 2.47. The lowest BCUT2D eigenvalue weighted by molar-refractivity contribution is -0.155. The Morgan fingerprint density at radius 2 is 1.89 bits per heavy atom. The summed E-state index contributed by atoms with van der Waals surface area (Å²) >= 11 is 5.97. The normalized spacial score (nSPS) is 15.3. The van der Waals surface area contributed by atoms with Gasteiger partial charge in [-0.2, -0.15) is 0 Å². The third kappa shape index (κ3) is 3.26. The molecule has 0 amide bonds. The second-order valence-electron chi connectivity index (χ2n) is 7.11. The number of halogens is 1. The molecule has 1 aliphatic rings. The standard InChI is InChI=1S/C22H19ClO4/c1-14-3-8-18-15(12-20(24)27-19(18)11-14)13-26-21(25)22(9-2-10-22)16-4-6-17(23)7-5-16/h3-8,11-12H,2,9-10,13H2,1H3. The predicted octanol–water partition coefficient (Wildman–Crippen LogP) is 4.92. The number of rotatable bonds is 4. The first-order valence-electron chi connectivity index (χ1n) is 8.95. The molecule has 4 rings (SSSR count). The first-order valence-corrected chi connectivity index (χ1v) is 9.32. The summed E-state index contributed by atoms with van der Waals surface area (Å²) in [5.74, 6) is -0.260. The fourth-order valence-electron chi connectivity index (χ4n) is 3.65. The Morgan fingerprint density at radius 1 is 1.15 bits per heavy atom. The molecule has 0 aliphatic heterocycles. The Balaban J connectivity index is 1.60. The first-order chi connectivity index (χ1) is 13.0. The third-order valence-electron chi connectivity index (χ3n) is 5.34. The van der Waals surface area contributed by atoms with E-state index in [1.54, 1.807) is 12.1 Å². The lowest BCUT2D eigenvalue weighted by atomic mass is 9.64. The fraction of sp³-hybridized carbons (Fsp3) is 0.273. The molecule has 0 atom stereocenters. The molecule has 2 aromatic carbocycles. The van der Waals surface area contributed by atoms with Gasteiger partial charge in [0.25, 0.3) is 0 Å². The minimum Gasteiger partial charge on any atom is -0.460 e. The second-order valence-corrected chi connectivity index (χ2v) is 7.55. The largest absolute Gasteiger partial charge is 0.460 e. The summed E-state index contributed by atoms with van der Waals surface area (Å²) in [6.45, 7) is 1.97. The van der Waals surface area contributed by atoms with Crippen LogP contribution in [-0.4, -0.2) is 5.97 Å². The van der Waals surface area contributed by atoms with Crippen LogP contribution >= 0.6 is 11.6 Å². The number of carbonyl (C=O) groups is 1. The summed E-state index contributed by atoms with van der Waals surface area (Å²) in [7, 11) is 0. The molecule has 138 valence electrons. The van der Waals surface area contributed by atoms with E-state index in [1.807, 2.05) is 37.3 Å². The summed E-state index contributed by atoms with van der Waals surface area (Å²) in [4.78, 5) is 24.8. The summed E-state index contributed by atoms with van der Waals surface area (Å²) in [5.41, 5.74) is 2.02. The highest BCUT2D eigenvalue weighted by molar-refractivity contribution is 6.30. The fourth-order valence-corrected chi connectivity index (χ4v) is 3.77. The molecule has 0 saturated heterocycles. The monoisotopic (exact) mass is 382 g/mol. The maximum atomic E-state index is 12.9. The van der Waals surface area contributed by atoms with E-state index in [9.17, 15) is 9.59 Å². The minimum atomic E-state index is -0.615. The van der Waals surface area contributed by atoms with E-state index < -0.39 is 11.0 Å². The zero-order valence-electron chi connectivity index (χ0n) is 15.0. The van der Waals surface area contributed by atoms with Gasteiger partial charge in [-0.1, -0.05) is 42.3 Å². The van der Waals surface area contributed by atoms with Gasteiger partial charge in [0.05, 0.1) is 5.41 Å². The van der Waals surface area contributed by atoms with Crippen LogP contribution in [0.5, 0.6) is 0 Å². The van der Waals surface area contributed by atoms with Crippen LogP contribution in [0, 0.1) is 6.92 Å². The van der Waals surface area contributed by atoms with E-state index in [2.05, 4.69) is 0 Å². The molecular formula is C22H19ClO4. The van der Waals surface area contributed by atoms with Crippen molar-refractivity contribution in [3.8, 4) is 0 Å². The Hall–Kier alpha value is -2.59. The molecule has 0 N–H and O–H groups in total. The van der Waals surface area contributed by atoms with Crippen molar-refractivity contribution in [2.45, 2.75) is 38.2 Å². The average Bonchev–Trinajstić information content (AvgIpc) is 2.59. The maximum Gasteiger partial charge on any atom is 0.336 e. The van der Waals surface area contributed by atoms with Crippen LogP contribution in [0.25, 0.3) is 11.0 Å². The molecule has 0 unspecified atom stereocenters. The molecule has 1 aromatic heterocycles. The third-order valence-corrected chi connectivity index (χ3v) is 5.59. The SMILES string of the molecule is Cc1ccc2c(COC(=O)C3(c4ccc(Cl)cc4)CCC3)cc(=O)oc2c1. The first kappa shape index (κ1) is 17.8. The van der Waals surface area contributed by atoms with E-state index in [0.717, 1.165) is 35.8 Å². The van der Waals surface area contributed by atoms with Crippen LogP contribution in [0.4, 0.5) is 0 Å². The number of carbonyl (C=O) groups excluding carboxylic acids is 1. The van der Waals surface area contributed by atoms with Gasteiger partial charge >= 0.3 is 11.6 Å². The van der Waals surface area contributed by atoms with Crippen LogP contribution in [-0.2, 0) is 21.6 Å². The smallest absolute Gasteiger partial charge is 0.336 e. The lowest BCUT2D eigenvalue weighted by Gasteiger charge is -2.39. The van der Waals surface area contributed by atoms with Crippen molar-refractivity contribution in [3.63, 3.8) is 0 Å². The van der Waals surface area contributed by atoms with Crippen LogP contribution in [0.2, 0.25) is 5.02 Å². The van der Waals surface area contributed by atoms with Gasteiger partial charge in [-0.25, -0.2) is 4.79 Å². The van der Waals surface area contributed by atoms with E-state index >= 15 is 0 Å². The second kappa shape index (κ2) is 6.86. The zero-order chi connectivity index (χ0) is 19.0. The van der Waals surface area contributed by atoms with Gasteiger partial charge in [-0.15, -0.1) is 0 Å². The summed E-state index contributed by atoms with van der Waals surface area (Å²) in [6.07, 6.45) is 2.49. The number of ether oxygens (including phenoxy) is 1. The Labute approximate surface area is 161 Å². The van der Waals surface area contributed by atoms with E-state index in [-0.39, 0.29) is 12.6 Å². The average molecular weight is 383 g/mol. The molecule has 0 radical (unpaired) electrons. The van der Waals surface area contributed by atoms with Crippen molar-refractivity contribution < 1.29 is 13.9 Å². The van der Waals surface area contributed by atoms with Gasteiger partial charge in [0.2, 0.25) is 0 Å². The van der Waals surface area contributed by atoms with E-state index in [4.69, 9.17) is 20.8 Å². The van der Waals surface area contributed by atoms with Crippen molar-refractivity contribution in [3.05, 3.63) is 80.7 Å². The van der Waals surface area contributed by atoms with Gasteiger partial charge in [-0.05, 0) is 49.1 Å². The number of fused-ring (bicyclic) bond motifs is 1. The van der Waals surface area contributed by atoms with Gasteiger partial charge < -0.3 is 9.15 Å². The summed E-state index contributed by atoms with van der Waals surface area (Å²) < 4.78 is 10.9. The molecule has 0 bridgehead atoms. The highest BCUT2D eigenvalue weighted by atomic mass is 35.5. The molecule has 3 aromatic rings. The Morgan fingerprint density at radius 3 is 2.56 bits per heavy atom. The van der Waals surface area contributed by atoms with Crippen LogP contribution in [0.1, 0.15) is 36.0 Å². The molecule has 27 heavy (non-hydrogen) atoms. The number of esters is 1. The molecule has 1 saturated carbocycles. The molecule has 0 spiro atoms. The molecular weight excluding hydrogens is 364 g/mol. The van der Waals surface area contributed by atoms with E-state index in [0.29, 0.717) is 16.2 Å². The number of hydrogen-bond donors (Lipinski definition) is 0.